The molecule has 0 saturated heterocycles. The summed E-state index contributed by atoms with van der Waals surface area (Å²) >= 11 is 0. The summed E-state index contributed by atoms with van der Waals surface area (Å²) in [5.41, 5.74) is 1.81. The van der Waals surface area contributed by atoms with E-state index in [0.29, 0.717) is 0 Å². The summed E-state index contributed by atoms with van der Waals surface area (Å²) in [7, 11) is 0. The number of nitrogens with two attached hydrogens (primary N) is 1. The van der Waals surface area contributed by atoms with E-state index in [4.69, 9.17) is 5.84 Å². The zero-order chi connectivity index (χ0) is 8.10. The number of pyridine rings is 1. The Morgan fingerprint density at radius 2 is 2.45 bits per heavy atom. The first kappa shape index (κ1) is 7.49. The molecule has 0 aliphatic carbocycles. The molecule has 0 spiro atoms. The Bertz CT molecular complexity index is 237. The molecule has 1 heterocycles. The van der Waals surface area contributed by atoms with E-state index in [1.54, 1.807) is 18.2 Å². The van der Waals surface area contributed by atoms with Gasteiger partial charge in [0.1, 0.15) is 0 Å². The summed E-state index contributed by atoms with van der Waals surface area (Å²) in [6.45, 7) is 0. The van der Waals surface area contributed by atoms with Gasteiger partial charge in [0.25, 0.3) is 0 Å². The molecule has 0 fully saturated rings. The van der Waals surface area contributed by atoms with Crippen LogP contribution in [0.15, 0.2) is 24.4 Å². The van der Waals surface area contributed by atoms with E-state index in [9.17, 15) is 4.79 Å². The van der Waals surface area contributed by atoms with Crippen LogP contribution in [0.2, 0.25) is 0 Å². The molecule has 1 aromatic heterocycles. The predicted molar refractivity (Wildman–Crippen MR) is 37.6 cm³/mol. The van der Waals surface area contributed by atoms with E-state index in [0.717, 1.165) is 0 Å². The zero-order valence-electron chi connectivity index (χ0n) is 5.65. The number of ether oxygens (including phenoxy) is 1. The molecular formula is C6H7N3O2. The first-order valence-electron chi connectivity index (χ1n) is 2.92. The van der Waals surface area contributed by atoms with Crippen LogP contribution in [0.4, 0.5) is 4.79 Å². The highest BCUT2D eigenvalue weighted by molar-refractivity contribution is 5.68. The molecular weight excluding hydrogens is 146 g/mol. The minimum absolute atomic E-state index is 0.218. The fourth-order valence-corrected chi connectivity index (χ4v) is 0.532. The van der Waals surface area contributed by atoms with Crippen molar-refractivity contribution in [2.45, 2.75) is 0 Å². The maximum atomic E-state index is 10.5. The van der Waals surface area contributed by atoms with Crippen molar-refractivity contribution in [2.24, 2.45) is 5.84 Å². The van der Waals surface area contributed by atoms with Crippen molar-refractivity contribution < 1.29 is 9.53 Å². The van der Waals surface area contributed by atoms with Gasteiger partial charge in [-0.25, -0.2) is 15.6 Å². The van der Waals surface area contributed by atoms with E-state index in [1.165, 1.54) is 6.20 Å². The number of hydrogen-bond acceptors (Lipinski definition) is 4. The molecule has 1 aromatic rings. The van der Waals surface area contributed by atoms with Gasteiger partial charge in [-0.15, -0.1) is 0 Å². The lowest BCUT2D eigenvalue weighted by Crippen LogP contribution is -2.32. The number of rotatable bonds is 1. The van der Waals surface area contributed by atoms with Crippen LogP contribution < -0.4 is 16.0 Å². The fourth-order valence-electron chi connectivity index (χ4n) is 0.532. The zero-order valence-corrected chi connectivity index (χ0v) is 5.65. The summed E-state index contributed by atoms with van der Waals surface area (Å²) in [5.74, 6) is 4.99. The molecule has 5 nitrogen and oxygen atoms in total. The summed E-state index contributed by atoms with van der Waals surface area (Å²) in [6.07, 6.45) is 0.780. The Hall–Kier alpha value is -1.62. The van der Waals surface area contributed by atoms with Crippen molar-refractivity contribution in [3.8, 4) is 5.88 Å². The van der Waals surface area contributed by atoms with Crippen LogP contribution in [0.25, 0.3) is 0 Å². The number of nitrogens with one attached hydrogen (secondary N) is 1. The van der Waals surface area contributed by atoms with Gasteiger partial charge in [-0.2, -0.15) is 0 Å². The topological polar surface area (TPSA) is 77.2 Å². The molecule has 0 bridgehead atoms. The van der Waals surface area contributed by atoms with Crippen LogP contribution >= 0.6 is 0 Å². The molecule has 0 saturated carbocycles. The smallest absolute Gasteiger partial charge is 0.390 e. The molecule has 0 aromatic carbocycles. The number of aromatic nitrogens is 1. The second-order valence-corrected chi connectivity index (χ2v) is 1.70. The monoisotopic (exact) mass is 153 g/mol. The Kier molecular flexibility index (Phi) is 2.40. The molecule has 1 rings (SSSR count). The normalized spacial score (nSPS) is 8.82. The van der Waals surface area contributed by atoms with Gasteiger partial charge in [0, 0.05) is 12.3 Å². The predicted octanol–water partition coefficient (Wildman–Crippen LogP) is 0.0437. The Balaban J connectivity index is 2.58. The minimum atomic E-state index is -0.733. The maximum Gasteiger partial charge on any atom is 0.428 e. The third-order valence-electron chi connectivity index (χ3n) is 0.953. The van der Waals surface area contributed by atoms with Crippen molar-refractivity contribution in [1.29, 1.82) is 0 Å². The molecule has 11 heavy (non-hydrogen) atoms. The average molecular weight is 153 g/mol. The van der Waals surface area contributed by atoms with Crippen molar-refractivity contribution in [1.82, 2.24) is 10.4 Å². The number of hydrogen-bond donors (Lipinski definition) is 2. The summed E-state index contributed by atoms with van der Waals surface area (Å²) < 4.78 is 4.58. The molecule has 0 unspecified atom stereocenters. The molecule has 1 amide bonds. The third-order valence-corrected chi connectivity index (χ3v) is 0.953. The first-order valence-corrected chi connectivity index (χ1v) is 2.92. The number of amides is 1. The van der Waals surface area contributed by atoms with E-state index in [1.807, 2.05) is 5.43 Å². The number of carbonyl (C=O) groups excluding carboxylic acids is 1. The van der Waals surface area contributed by atoms with Crippen LogP contribution in [0.5, 0.6) is 5.88 Å². The van der Waals surface area contributed by atoms with Gasteiger partial charge in [-0.1, -0.05) is 6.07 Å². The largest absolute Gasteiger partial charge is 0.428 e. The van der Waals surface area contributed by atoms with Gasteiger partial charge < -0.3 is 4.74 Å². The van der Waals surface area contributed by atoms with E-state index in [2.05, 4.69) is 9.72 Å². The first-order chi connectivity index (χ1) is 5.33. The highest BCUT2D eigenvalue weighted by Gasteiger charge is 1.99. The lowest BCUT2D eigenvalue weighted by atomic mass is 10.5. The van der Waals surface area contributed by atoms with Crippen LogP contribution in [-0.4, -0.2) is 11.1 Å². The van der Waals surface area contributed by atoms with Crippen LogP contribution in [0, 0.1) is 0 Å². The third kappa shape index (κ3) is 2.23. The Labute approximate surface area is 63.2 Å². The van der Waals surface area contributed by atoms with Crippen LogP contribution in [-0.2, 0) is 0 Å². The number of hydrazine groups is 1. The molecule has 58 valence electrons. The highest BCUT2D eigenvalue weighted by atomic mass is 16.6. The van der Waals surface area contributed by atoms with Crippen LogP contribution in [0.1, 0.15) is 0 Å². The summed E-state index contributed by atoms with van der Waals surface area (Å²) in [6, 6.07) is 4.97. The van der Waals surface area contributed by atoms with E-state index in [-0.39, 0.29) is 5.88 Å². The standard InChI is InChI=1S/C6H7N3O2/c7-9-6(10)11-5-3-1-2-4-8-5/h1-4H,7H2,(H,9,10). The molecule has 0 atom stereocenters. The highest BCUT2D eigenvalue weighted by Crippen LogP contribution is 2.02. The summed E-state index contributed by atoms with van der Waals surface area (Å²) in [4.78, 5) is 14.2. The van der Waals surface area contributed by atoms with Gasteiger partial charge >= 0.3 is 6.09 Å². The van der Waals surface area contributed by atoms with Crippen molar-refractivity contribution in [2.75, 3.05) is 0 Å². The second kappa shape index (κ2) is 3.52. The van der Waals surface area contributed by atoms with Gasteiger partial charge in [0.05, 0.1) is 0 Å². The minimum Gasteiger partial charge on any atom is -0.390 e. The van der Waals surface area contributed by atoms with Crippen molar-refractivity contribution >= 4 is 6.09 Å². The van der Waals surface area contributed by atoms with Crippen molar-refractivity contribution in [3.63, 3.8) is 0 Å². The fraction of sp³-hybridized carbons (Fsp3) is 0. The van der Waals surface area contributed by atoms with Crippen LogP contribution in [0.3, 0.4) is 0 Å². The second-order valence-electron chi connectivity index (χ2n) is 1.70. The van der Waals surface area contributed by atoms with Gasteiger partial charge in [-0.05, 0) is 6.07 Å². The average Bonchev–Trinajstić information content (AvgIpc) is 2.06. The Morgan fingerprint density at radius 3 is 3.00 bits per heavy atom. The lowest BCUT2D eigenvalue weighted by molar-refractivity contribution is 0.199. The molecule has 5 heteroatoms. The number of nitrogens with zero attached hydrogens (tertiary/aromatic N) is 1. The molecule has 0 radical (unpaired) electrons. The lowest BCUT2D eigenvalue weighted by Gasteiger charge is -1.99. The molecule has 0 aliphatic rings. The van der Waals surface area contributed by atoms with Gasteiger partial charge in [0.2, 0.25) is 5.88 Å². The maximum absolute atomic E-state index is 10.5. The van der Waals surface area contributed by atoms with Crippen molar-refractivity contribution in [3.05, 3.63) is 24.4 Å². The van der Waals surface area contributed by atoms with E-state index >= 15 is 0 Å². The molecule has 0 aliphatic heterocycles. The van der Waals surface area contributed by atoms with Gasteiger partial charge in [-0.3, -0.25) is 5.43 Å². The number of carbonyl (C=O) groups is 1. The quantitative estimate of drug-likeness (QED) is 0.339. The van der Waals surface area contributed by atoms with E-state index < -0.39 is 6.09 Å². The van der Waals surface area contributed by atoms with Gasteiger partial charge in [0.15, 0.2) is 0 Å². The summed E-state index contributed by atoms with van der Waals surface area (Å²) in [5, 5.41) is 0. The SMILES string of the molecule is NNC(=O)Oc1ccccn1. The molecule has 3 N–H and O–H groups in total. The Morgan fingerprint density at radius 1 is 1.64 bits per heavy atom.